The third-order valence-electron chi connectivity index (χ3n) is 3.02. The lowest BCUT2D eigenvalue weighted by Crippen LogP contribution is -2.20. The predicted octanol–water partition coefficient (Wildman–Crippen LogP) is 2.60. The molecule has 0 spiro atoms. The molecule has 0 bridgehead atoms. The number of nitrogens with one attached hydrogen (secondary N) is 1. The Morgan fingerprint density at radius 1 is 1.29 bits per heavy atom. The zero-order chi connectivity index (χ0) is 15.6. The van der Waals surface area contributed by atoms with Gasteiger partial charge in [-0.15, -0.1) is 0 Å². The summed E-state index contributed by atoms with van der Waals surface area (Å²) in [4.78, 5) is 23.1. The van der Waals surface area contributed by atoms with Gasteiger partial charge in [0.1, 0.15) is 12.1 Å². The van der Waals surface area contributed by atoms with E-state index < -0.39 is 5.97 Å². The highest BCUT2D eigenvalue weighted by Gasteiger charge is 2.18. The zero-order valence-electron chi connectivity index (χ0n) is 11.6. The molecule has 0 aliphatic rings. The van der Waals surface area contributed by atoms with Crippen LogP contribution in [0.4, 0.5) is 5.69 Å². The molecule has 0 atom stereocenters. The SMILES string of the molecule is Cc1nn(CC(=O)Nc2ccc(Br)cc2)c(C)c1C(=O)O. The Balaban J connectivity index is 2.11. The molecule has 110 valence electrons. The monoisotopic (exact) mass is 351 g/mol. The molecule has 7 heteroatoms. The lowest BCUT2D eigenvalue weighted by molar-refractivity contribution is -0.116. The van der Waals surface area contributed by atoms with E-state index in [9.17, 15) is 9.59 Å². The summed E-state index contributed by atoms with van der Waals surface area (Å²) < 4.78 is 2.32. The summed E-state index contributed by atoms with van der Waals surface area (Å²) in [5.74, 6) is -1.30. The Labute approximate surface area is 129 Å². The number of aromatic carboxylic acids is 1. The highest BCUT2D eigenvalue weighted by atomic mass is 79.9. The molecule has 2 rings (SSSR count). The summed E-state index contributed by atoms with van der Waals surface area (Å²) in [6, 6.07) is 7.18. The molecular weight excluding hydrogens is 338 g/mol. The molecule has 0 aliphatic heterocycles. The summed E-state index contributed by atoms with van der Waals surface area (Å²) in [5, 5.41) is 15.9. The first-order valence-corrected chi connectivity index (χ1v) is 7.00. The number of carbonyl (C=O) groups is 2. The Morgan fingerprint density at radius 3 is 2.43 bits per heavy atom. The molecule has 21 heavy (non-hydrogen) atoms. The predicted molar refractivity (Wildman–Crippen MR) is 81.4 cm³/mol. The number of rotatable bonds is 4. The maximum absolute atomic E-state index is 12.0. The summed E-state index contributed by atoms with van der Waals surface area (Å²) in [6.07, 6.45) is 0. The van der Waals surface area contributed by atoms with Gasteiger partial charge < -0.3 is 10.4 Å². The Hall–Kier alpha value is -2.15. The van der Waals surface area contributed by atoms with Gasteiger partial charge in [-0.25, -0.2) is 4.79 Å². The lowest BCUT2D eigenvalue weighted by atomic mass is 10.2. The van der Waals surface area contributed by atoms with Crippen molar-refractivity contribution in [2.45, 2.75) is 20.4 Å². The van der Waals surface area contributed by atoms with Crippen LogP contribution in [0.3, 0.4) is 0 Å². The fraction of sp³-hybridized carbons (Fsp3) is 0.214. The fourth-order valence-electron chi connectivity index (χ4n) is 2.03. The van der Waals surface area contributed by atoms with Crippen LogP contribution in [-0.2, 0) is 11.3 Å². The highest BCUT2D eigenvalue weighted by Crippen LogP contribution is 2.15. The first-order valence-electron chi connectivity index (χ1n) is 6.21. The number of carbonyl (C=O) groups excluding carboxylic acids is 1. The second-order valence-corrected chi connectivity index (χ2v) is 5.48. The molecule has 2 N–H and O–H groups in total. The molecule has 1 amide bonds. The molecule has 0 radical (unpaired) electrons. The van der Waals surface area contributed by atoms with Crippen molar-refractivity contribution in [2.24, 2.45) is 0 Å². The zero-order valence-corrected chi connectivity index (χ0v) is 13.1. The van der Waals surface area contributed by atoms with Crippen LogP contribution in [0.15, 0.2) is 28.7 Å². The van der Waals surface area contributed by atoms with E-state index in [1.54, 1.807) is 26.0 Å². The molecular formula is C14H14BrN3O3. The number of carboxylic acids is 1. The average Bonchev–Trinajstić information content (AvgIpc) is 2.67. The normalized spacial score (nSPS) is 10.4. The van der Waals surface area contributed by atoms with Crippen molar-refractivity contribution in [2.75, 3.05) is 5.32 Å². The highest BCUT2D eigenvalue weighted by molar-refractivity contribution is 9.10. The van der Waals surface area contributed by atoms with Gasteiger partial charge in [0, 0.05) is 10.2 Å². The van der Waals surface area contributed by atoms with Gasteiger partial charge in [0.05, 0.1) is 11.4 Å². The topological polar surface area (TPSA) is 84.2 Å². The number of carboxylic acid groups (broad SMARTS) is 1. The average molecular weight is 352 g/mol. The van der Waals surface area contributed by atoms with E-state index in [1.165, 1.54) is 4.68 Å². The van der Waals surface area contributed by atoms with Crippen LogP contribution >= 0.6 is 15.9 Å². The van der Waals surface area contributed by atoms with Crippen LogP contribution < -0.4 is 5.32 Å². The van der Waals surface area contributed by atoms with Gasteiger partial charge in [0.2, 0.25) is 5.91 Å². The van der Waals surface area contributed by atoms with E-state index in [4.69, 9.17) is 5.11 Å². The number of anilines is 1. The van der Waals surface area contributed by atoms with Crippen molar-refractivity contribution in [1.29, 1.82) is 0 Å². The first-order chi connectivity index (χ1) is 9.88. The third-order valence-corrected chi connectivity index (χ3v) is 3.55. The van der Waals surface area contributed by atoms with Crippen molar-refractivity contribution in [3.8, 4) is 0 Å². The summed E-state index contributed by atoms with van der Waals surface area (Å²) >= 11 is 3.32. The fourth-order valence-corrected chi connectivity index (χ4v) is 2.29. The van der Waals surface area contributed by atoms with E-state index in [0.717, 1.165) is 4.47 Å². The van der Waals surface area contributed by atoms with Crippen molar-refractivity contribution in [3.05, 3.63) is 45.7 Å². The van der Waals surface area contributed by atoms with Crippen LogP contribution in [-0.4, -0.2) is 26.8 Å². The maximum Gasteiger partial charge on any atom is 0.339 e. The summed E-state index contributed by atoms with van der Waals surface area (Å²) in [7, 11) is 0. The van der Waals surface area contributed by atoms with Gasteiger partial charge in [-0.3, -0.25) is 9.48 Å². The van der Waals surface area contributed by atoms with E-state index in [-0.39, 0.29) is 18.0 Å². The molecule has 6 nitrogen and oxygen atoms in total. The molecule has 1 aromatic heterocycles. The summed E-state index contributed by atoms with van der Waals surface area (Å²) in [5.41, 5.74) is 1.68. The van der Waals surface area contributed by atoms with Gasteiger partial charge in [0.25, 0.3) is 0 Å². The van der Waals surface area contributed by atoms with Crippen molar-refractivity contribution in [1.82, 2.24) is 9.78 Å². The lowest BCUT2D eigenvalue weighted by Gasteiger charge is -2.07. The molecule has 2 aromatic rings. The van der Waals surface area contributed by atoms with Crippen LogP contribution in [0.2, 0.25) is 0 Å². The van der Waals surface area contributed by atoms with E-state index in [0.29, 0.717) is 17.1 Å². The number of aromatic nitrogens is 2. The van der Waals surface area contributed by atoms with Gasteiger partial charge in [-0.1, -0.05) is 15.9 Å². The van der Waals surface area contributed by atoms with Crippen LogP contribution in [0.25, 0.3) is 0 Å². The van der Waals surface area contributed by atoms with Crippen molar-refractivity contribution >= 4 is 33.5 Å². The van der Waals surface area contributed by atoms with Crippen LogP contribution in [0.5, 0.6) is 0 Å². The van der Waals surface area contributed by atoms with Gasteiger partial charge in [0.15, 0.2) is 0 Å². The third kappa shape index (κ3) is 3.49. The summed E-state index contributed by atoms with van der Waals surface area (Å²) in [6.45, 7) is 3.21. The number of aryl methyl sites for hydroxylation is 1. The van der Waals surface area contributed by atoms with E-state index >= 15 is 0 Å². The smallest absolute Gasteiger partial charge is 0.339 e. The molecule has 0 fully saturated rings. The minimum Gasteiger partial charge on any atom is -0.478 e. The number of nitrogens with zero attached hydrogens (tertiary/aromatic N) is 2. The minimum atomic E-state index is -1.04. The standard InChI is InChI=1S/C14H14BrN3O3/c1-8-13(14(20)21)9(2)18(17-8)7-12(19)16-11-5-3-10(15)4-6-11/h3-6H,7H2,1-2H3,(H,16,19)(H,20,21). The molecule has 0 saturated heterocycles. The number of hydrogen-bond acceptors (Lipinski definition) is 3. The van der Waals surface area contributed by atoms with Crippen LogP contribution in [0, 0.1) is 13.8 Å². The molecule has 0 unspecified atom stereocenters. The van der Waals surface area contributed by atoms with Crippen molar-refractivity contribution < 1.29 is 14.7 Å². The number of halogens is 1. The molecule has 1 aromatic carbocycles. The van der Waals surface area contributed by atoms with Crippen LogP contribution in [0.1, 0.15) is 21.7 Å². The van der Waals surface area contributed by atoms with Gasteiger partial charge >= 0.3 is 5.97 Å². The second-order valence-electron chi connectivity index (χ2n) is 4.56. The molecule has 0 aliphatic carbocycles. The Bertz CT molecular complexity index is 692. The largest absolute Gasteiger partial charge is 0.478 e. The Kier molecular flexibility index (Phi) is 4.42. The van der Waals surface area contributed by atoms with E-state index in [1.807, 2.05) is 12.1 Å². The van der Waals surface area contributed by atoms with Gasteiger partial charge in [-0.05, 0) is 38.1 Å². The number of amides is 1. The number of hydrogen-bond donors (Lipinski definition) is 2. The van der Waals surface area contributed by atoms with Crippen molar-refractivity contribution in [3.63, 3.8) is 0 Å². The molecule has 1 heterocycles. The maximum atomic E-state index is 12.0. The molecule has 0 saturated carbocycles. The minimum absolute atomic E-state index is 0.0317. The quantitative estimate of drug-likeness (QED) is 0.886. The number of benzene rings is 1. The Morgan fingerprint density at radius 2 is 1.90 bits per heavy atom. The van der Waals surface area contributed by atoms with Gasteiger partial charge in [-0.2, -0.15) is 5.10 Å². The van der Waals surface area contributed by atoms with E-state index in [2.05, 4.69) is 26.3 Å². The second kappa shape index (κ2) is 6.09. The first kappa shape index (κ1) is 15.2.